The fourth-order valence-corrected chi connectivity index (χ4v) is 0.683. The lowest BCUT2D eigenvalue weighted by atomic mass is 10.2. The number of alkyl halides is 3. The van der Waals surface area contributed by atoms with Gasteiger partial charge in [0.25, 0.3) is 0 Å². The SMILES string of the molecule is CC(C)c1cnc(OC(F)(F)F)o1. The molecule has 1 aromatic rings. The highest BCUT2D eigenvalue weighted by Gasteiger charge is 2.33. The van der Waals surface area contributed by atoms with Crippen molar-refractivity contribution in [3.8, 4) is 6.08 Å². The third-order valence-corrected chi connectivity index (χ3v) is 1.27. The van der Waals surface area contributed by atoms with Crippen molar-refractivity contribution in [2.45, 2.75) is 26.1 Å². The van der Waals surface area contributed by atoms with Crippen molar-refractivity contribution in [3.63, 3.8) is 0 Å². The van der Waals surface area contributed by atoms with Crippen LogP contribution in [0.5, 0.6) is 6.08 Å². The third kappa shape index (κ3) is 2.96. The normalized spacial score (nSPS) is 12.2. The Morgan fingerprint density at radius 1 is 1.46 bits per heavy atom. The Morgan fingerprint density at radius 2 is 2.08 bits per heavy atom. The lowest BCUT2D eigenvalue weighted by Gasteiger charge is -2.03. The van der Waals surface area contributed by atoms with Crippen molar-refractivity contribution in [2.24, 2.45) is 0 Å². The molecule has 3 nitrogen and oxygen atoms in total. The molecule has 0 saturated heterocycles. The molecule has 0 bridgehead atoms. The Balaban J connectivity index is 2.70. The van der Waals surface area contributed by atoms with E-state index in [-0.39, 0.29) is 5.92 Å². The third-order valence-electron chi connectivity index (χ3n) is 1.27. The highest BCUT2D eigenvalue weighted by Crippen LogP contribution is 2.24. The predicted molar refractivity (Wildman–Crippen MR) is 37.3 cm³/mol. The van der Waals surface area contributed by atoms with Gasteiger partial charge in [0.1, 0.15) is 5.76 Å². The van der Waals surface area contributed by atoms with Gasteiger partial charge in [-0.2, -0.15) is 4.98 Å². The summed E-state index contributed by atoms with van der Waals surface area (Å²) >= 11 is 0. The molecule has 13 heavy (non-hydrogen) atoms. The van der Waals surface area contributed by atoms with Crippen LogP contribution < -0.4 is 4.74 Å². The maximum absolute atomic E-state index is 11.6. The summed E-state index contributed by atoms with van der Waals surface area (Å²) in [5.41, 5.74) is 0. The fraction of sp³-hybridized carbons (Fsp3) is 0.571. The van der Waals surface area contributed by atoms with Gasteiger partial charge in [-0.3, -0.25) is 0 Å². The summed E-state index contributed by atoms with van der Waals surface area (Å²) in [5, 5.41) is 0. The number of halogens is 3. The summed E-state index contributed by atoms with van der Waals surface area (Å²) in [7, 11) is 0. The van der Waals surface area contributed by atoms with Crippen molar-refractivity contribution in [1.82, 2.24) is 4.98 Å². The molecular weight excluding hydrogens is 187 g/mol. The molecule has 74 valence electrons. The molecule has 0 radical (unpaired) electrons. The van der Waals surface area contributed by atoms with Gasteiger partial charge in [-0.25, -0.2) is 0 Å². The van der Waals surface area contributed by atoms with E-state index in [4.69, 9.17) is 0 Å². The number of ether oxygens (including phenoxy) is 1. The zero-order valence-electron chi connectivity index (χ0n) is 7.05. The van der Waals surface area contributed by atoms with Gasteiger partial charge in [0.05, 0.1) is 6.20 Å². The highest BCUT2D eigenvalue weighted by atomic mass is 19.4. The Kier molecular flexibility index (Phi) is 2.49. The van der Waals surface area contributed by atoms with Crippen LogP contribution in [0.3, 0.4) is 0 Å². The van der Waals surface area contributed by atoms with E-state index in [1.807, 2.05) is 0 Å². The number of oxazole rings is 1. The quantitative estimate of drug-likeness (QED) is 0.727. The van der Waals surface area contributed by atoms with E-state index in [0.717, 1.165) is 0 Å². The maximum atomic E-state index is 11.6. The van der Waals surface area contributed by atoms with Crippen molar-refractivity contribution in [1.29, 1.82) is 0 Å². The number of rotatable bonds is 2. The average Bonchev–Trinajstić information content (AvgIpc) is 2.31. The van der Waals surface area contributed by atoms with Crippen LogP contribution in [0.1, 0.15) is 25.5 Å². The smallest absolute Gasteiger partial charge is 0.414 e. The van der Waals surface area contributed by atoms with Crippen LogP contribution in [0.2, 0.25) is 0 Å². The lowest BCUT2D eigenvalue weighted by Crippen LogP contribution is -2.17. The van der Waals surface area contributed by atoms with Crippen molar-refractivity contribution < 1.29 is 22.3 Å². The largest absolute Gasteiger partial charge is 0.576 e. The Labute approximate surface area is 72.5 Å². The molecular formula is C7H8F3NO2. The van der Waals surface area contributed by atoms with Crippen LogP contribution in [0.4, 0.5) is 13.2 Å². The first kappa shape index (κ1) is 9.88. The van der Waals surface area contributed by atoms with Crippen molar-refractivity contribution in [3.05, 3.63) is 12.0 Å². The second-order valence-corrected chi connectivity index (χ2v) is 2.73. The fourth-order valence-electron chi connectivity index (χ4n) is 0.683. The first-order valence-corrected chi connectivity index (χ1v) is 3.60. The first-order valence-electron chi connectivity index (χ1n) is 3.60. The molecule has 0 unspecified atom stereocenters. The summed E-state index contributed by atoms with van der Waals surface area (Å²) in [4.78, 5) is 3.31. The standard InChI is InChI=1S/C7H8F3NO2/c1-4(2)5-3-11-6(12-5)13-7(8,9)10/h3-4H,1-2H3. The summed E-state index contributed by atoms with van der Waals surface area (Å²) in [6.45, 7) is 3.55. The topological polar surface area (TPSA) is 35.3 Å². The summed E-state index contributed by atoms with van der Waals surface area (Å²) in [6, 6.07) is 0. The van der Waals surface area contributed by atoms with Gasteiger partial charge in [-0.1, -0.05) is 13.8 Å². The molecule has 0 atom stereocenters. The van der Waals surface area contributed by atoms with E-state index in [2.05, 4.69) is 14.1 Å². The minimum Gasteiger partial charge on any atom is -0.414 e. The van der Waals surface area contributed by atoms with Crippen LogP contribution in [0, 0.1) is 0 Å². The van der Waals surface area contributed by atoms with E-state index in [1.54, 1.807) is 13.8 Å². The molecule has 0 aliphatic heterocycles. The van der Waals surface area contributed by atoms with Crippen LogP contribution >= 0.6 is 0 Å². The van der Waals surface area contributed by atoms with E-state index in [1.165, 1.54) is 6.20 Å². The van der Waals surface area contributed by atoms with Gasteiger partial charge in [-0.05, 0) is 0 Å². The number of hydrogen-bond donors (Lipinski definition) is 0. The molecule has 1 rings (SSSR count). The first-order chi connectivity index (χ1) is 5.88. The molecule has 0 N–H and O–H groups in total. The molecule has 0 aliphatic carbocycles. The van der Waals surface area contributed by atoms with Gasteiger partial charge in [0, 0.05) is 5.92 Å². The van der Waals surface area contributed by atoms with Gasteiger partial charge < -0.3 is 9.15 Å². The molecule has 1 aromatic heterocycles. The average molecular weight is 195 g/mol. The predicted octanol–water partition coefficient (Wildman–Crippen LogP) is 2.70. The van der Waals surface area contributed by atoms with E-state index < -0.39 is 12.4 Å². The molecule has 0 saturated carbocycles. The van der Waals surface area contributed by atoms with E-state index in [0.29, 0.717) is 5.76 Å². The second kappa shape index (κ2) is 3.27. The van der Waals surface area contributed by atoms with Gasteiger partial charge >= 0.3 is 12.4 Å². The monoisotopic (exact) mass is 195 g/mol. The molecule has 0 aromatic carbocycles. The summed E-state index contributed by atoms with van der Waals surface area (Å²) in [5.74, 6) is 0.345. The summed E-state index contributed by atoms with van der Waals surface area (Å²) < 4.78 is 43.0. The van der Waals surface area contributed by atoms with Crippen LogP contribution in [-0.4, -0.2) is 11.3 Å². The molecule has 0 aliphatic rings. The minimum absolute atomic E-state index is 0.0157. The molecule has 0 fully saturated rings. The molecule has 1 heterocycles. The molecule has 0 amide bonds. The van der Waals surface area contributed by atoms with E-state index >= 15 is 0 Å². The van der Waals surface area contributed by atoms with Crippen molar-refractivity contribution >= 4 is 0 Å². The zero-order valence-corrected chi connectivity index (χ0v) is 7.05. The molecule has 6 heteroatoms. The number of nitrogens with zero attached hydrogens (tertiary/aromatic N) is 1. The van der Waals surface area contributed by atoms with E-state index in [9.17, 15) is 13.2 Å². The van der Waals surface area contributed by atoms with Crippen LogP contribution in [-0.2, 0) is 0 Å². The second-order valence-electron chi connectivity index (χ2n) is 2.73. The number of hydrogen-bond acceptors (Lipinski definition) is 3. The van der Waals surface area contributed by atoms with Crippen LogP contribution in [0.15, 0.2) is 10.6 Å². The van der Waals surface area contributed by atoms with Gasteiger partial charge in [-0.15, -0.1) is 13.2 Å². The van der Waals surface area contributed by atoms with Crippen molar-refractivity contribution in [2.75, 3.05) is 0 Å². The minimum atomic E-state index is -4.75. The Hall–Kier alpha value is -1.20. The summed E-state index contributed by atoms with van der Waals surface area (Å²) in [6.07, 6.45) is -4.30. The molecule has 0 spiro atoms. The van der Waals surface area contributed by atoms with Gasteiger partial charge in [0.2, 0.25) is 0 Å². The van der Waals surface area contributed by atoms with Gasteiger partial charge in [0.15, 0.2) is 0 Å². The van der Waals surface area contributed by atoms with Crippen LogP contribution in [0.25, 0.3) is 0 Å². The maximum Gasteiger partial charge on any atom is 0.576 e. The zero-order chi connectivity index (χ0) is 10.1. The Morgan fingerprint density at radius 3 is 2.46 bits per heavy atom. The highest BCUT2D eigenvalue weighted by molar-refractivity contribution is 5.01. The lowest BCUT2D eigenvalue weighted by molar-refractivity contribution is -0.282. The number of aromatic nitrogens is 1. The Bertz CT molecular complexity index is 280.